The van der Waals surface area contributed by atoms with Crippen molar-refractivity contribution in [2.75, 3.05) is 0 Å². The van der Waals surface area contributed by atoms with Gasteiger partial charge >= 0.3 is 0 Å². The Bertz CT molecular complexity index is 4080. The van der Waals surface area contributed by atoms with E-state index in [4.69, 9.17) is 0 Å². The van der Waals surface area contributed by atoms with Gasteiger partial charge in [0.05, 0.1) is 5.41 Å². The summed E-state index contributed by atoms with van der Waals surface area (Å²) >= 11 is 0. The van der Waals surface area contributed by atoms with E-state index < -0.39 is 5.41 Å². The first-order valence-electron chi connectivity index (χ1n) is 24.1. The fourth-order valence-corrected chi connectivity index (χ4v) is 13.3. The van der Waals surface area contributed by atoms with Crippen LogP contribution in [0.15, 0.2) is 231 Å². The maximum absolute atomic E-state index is 2.53. The standard InChI is InChI=1S/C68H44/c1-67(2)59-27-12-9-20-49(59)52-34-33-46(39-62(52)67)65-55-25-7-5-23-53(55)64(54-24-6-8-26-56(54)65)45-18-15-17-42(36-45)43-30-31-44-38-58-57-35-32-41-16-3-4-19-48(41)66(57)68(63(58)40-47(44)37-43)60-28-13-10-21-50(60)51-22-11-14-29-61(51)68/h3-40H,1-2H3. The zero-order chi connectivity index (χ0) is 44.9. The average Bonchev–Trinajstić information content (AvgIpc) is 3.94. The summed E-state index contributed by atoms with van der Waals surface area (Å²) in [4.78, 5) is 0. The molecule has 68 heavy (non-hydrogen) atoms. The quantitative estimate of drug-likeness (QED) is 0.155. The van der Waals surface area contributed by atoms with Gasteiger partial charge in [-0.25, -0.2) is 0 Å². The molecule has 12 aromatic rings. The highest BCUT2D eigenvalue weighted by Crippen LogP contribution is 2.64. The number of benzene rings is 12. The first-order chi connectivity index (χ1) is 33.5. The Balaban J connectivity index is 0.906. The molecule has 0 heterocycles. The molecule has 0 aromatic heterocycles. The first kappa shape index (κ1) is 37.9. The summed E-state index contributed by atoms with van der Waals surface area (Å²) in [6.07, 6.45) is 0. The minimum atomic E-state index is -0.432. The molecule has 0 amide bonds. The van der Waals surface area contributed by atoms with Crippen molar-refractivity contribution < 1.29 is 0 Å². The summed E-state index contributed by atoms with van der Waals surface area (Å²) in [6.45, 7) is 4.75. The van der Waals surface area contributed by atoms with Gasteiger partial charge in [-0.2, -0.15) is 0 Å². The largest absolute Gasteiger partial charge is 0.0731 e. The van der Waals surface area contributed by atoms with Crippen molar-refractivity contribution in [1.82, 2.24) is 0 Å². The number of fused-ring (bicyclic) bond motifs is 18. The number of hydrogen-bond donors (Lipinski definition) is 0. The van der Waals surface area contributed by atoms with Crippen LogP contribution in [-0.2, 0) is 10.8 Å². The van der Waals surface area contributed by atoms with Crippen molar-refractivity contribution in [2.24, 2.45) is 0 Å². The van der Waals surface area contributed by atoms with Crippen molar-refractivity contribution in [1.29, 1.82) is 0 Å². The second-order valence-electron chi connectivity index (χ2n) is 19.9. The molecule has 0 fully saturated rings. The summed E-state index contributed by atoms with van der Waals surface area (Å²) in [5.41, 5.74) is 23.3. The highest BCUT2D eigenvalue weighted by Gasteiger charge is 2.52. The van der Waals surface area contributed by atoms with Gasteiger partial charge < -0.3 is 0 Å². The third kappa shape index (κ3) is 4.89. The van der Waals surface area contributed by atoms with Crippen LogP contribution in [0.25, 0.3) is 110 Å². The summed E-state index contributed by atoms with van der Waals surface area (Å²) in [5.74, 6) is 0. The fraction of sp³-hybridized carbons (Fsp3) is 0.0588. The van der Waals surface area contributed by atoms with Crippen molar-refractivity contribution in [3.63, 3.8) is 0 Å². The molecule has 0 unspecified atom stereocenters. The van der Waals surface area contributed by atoms with E-state index in [2.05, 4.69) is 244 Å². The lowest BCUT2D eigenvalue weighted by atomic mass is 9.69. The molecule has 3 aliphatic carbocycles. The van der Waals surface area contributed by atoms with Crippen LogP contribution in [0, 0.1) is 0 Å². The second kappa shape index (κ2) is 13.6. The molecule has 0 bridgehead atoms. The highest BCUT2D eigenvalue weighted by atomic mass is 14.5. The molecule has 15 rings (SSSR count). The molecule has 0 nitrogen and oxygen atoms in total. The minimum absolute atomic E-state index is 0.0780. The van der Waals surface area contributed by atoms with Gasteiger partial charge in [-0.3, -0.25) is 0 Å². The predicted molar refractivity (Wildman–Crippen MR) is 287 cm³/mol. The average molecular weight is 861 g/mol. The molecule has 3 aliphatic rings. The number of hydrogen-bond acceptors (Lipinski definition) is 0. The van der Waals surface area contributed by atoms with Crippen LogP contribution in [-0.4, -0.2) is 0 Å². The summed E-state index contributed by atoms with van der Waals surface area (Å²) < 4.78 is 0. The molecule has 316 valence electrons. The van der Waals surface area contributed by atoms with Crippen LogP contribution in [0.4, 0.5) is 0 Å². The van der Waals surface area contributed by atoms with Crippen LogP contribution < -0.4 is 0 Å². The van der Waals surface area contributed by atoms with Crippen molar-refractivity contribution in [2.45, 2.75) is 24.7 Å². The SMILES string of the molecule is CC1(C)c2ccccc2-c2ccc(-c3c4ccccc4c(-c4cccc(-c5ccc6cc7c(cc6c5)C5(c6ccccc6-c6ccccc65)c5c-7ccc6ccccc56)c4)c4ccccc34)cc21. The predicted octanol–water partition coefficient (Wildman–Crippen LogP) is 18.0. The molecule has 0 heteroatoms. The van der Waals surface area contributed by atoms with Crippen LogP contribution in [0.5, 0.6) is 0 Å². The van der Waals surface area contributed by atoms with Crippen molar-refractivity contribution in [3.8, 4) is 66.8 Å². The van der Waals surface area contributed by atoms with Gasteiger partial charge in [-0.1, -0.05) is 214 Å². The molecule has 1 spiro atoms. The lowest BCUT2D eigenvalue weighted by Crippen LogP contribution is -2.26. The van der Waals surface area contributed by atoms with Crippen LogP contribution in [0.1, 0.15) is 47.2 Å². The van der Waals surface area contributed by atoms with Crippen LogP contribution in [0.3, 0.4) is 0 Å². The lowest BCUT2D eigenvalue weighted by molar-refractivity contribution is 0.660. The molecule has 0 N–H and O–H groups in total. The summed E-state index contributed by atoms with van der Waals surface area (Å²) in [6, 6.07) is 87.6. The van der Waals surface area contributed by atoms with Crippen LogP contribution in [0.2, 0.25) is 0 Å². The Hall–Kier alpha value is -8.32. The van der Waals surface area contributed by atoms with Gasteiger partial charge in [0.25, 0.3) is 0 Å². The van der Waals surface area contributed by atoms with E-state index in [1.54, 1.807) is 0 Å². The Kier molecular flexibility index (Phi) is 7.59. The topological polar surface area (TPSA) is 0 Å². The molecule has 0 saturated carbocycles. The van der Waals surface area contributed by atoms with E-state index in [0.717, 1.165) is 0 Å². The molecule has 0 aliphatic heterocycles. The third-order valence-electron chi connectivity index (χ3n) is 16.2. The molecular weight excluding hydrogens is 817 g/mol. The monoisotopic (exact) mass is 860 g/mol. The smallest absolute Gasteiger partial charge is 0.0619 e. The van der Waals surface area contributed by atoms with Gasteiger partial charge in [0.2, 0.25) is 0 Å². The summed E-state index contributed by atoms with van der Waals surface area (Å²) in [7, 11) is 0. The molecule has 12 aromatic carbocycles. The van der Waals surface area contributed by atoms with E-state index in [1.807, 2.05) is 0 Å². The van der Waals surface area contributed by atoms with E-state index in [9.17, 15) is 0 Å². The maximum atomic E-state index is 2.53. The van der Waals surface area contributed by atoms with Gasteiger partial charge in [0, 0.05) is 5.41 Å². The van der Waals surface area contributed by atoms with E-state index >= 15 is 0 Å². The van der Waals surface area contributed by atoms with Gasteiger partial charge in [-0.15, -0.1) is 0 Å². The zero-order valence-corrected chi connectivity index (χ0v) is 37.9. The van der Waals surface area contributed by atoms with Crippen molar-refractivity contribution >= 4 is 43.1 Å². The van der Waals surface area contributed by atoms with Crippen LogP contribution >= 0.6 is 0 Å². The van der Waals surface area contributed by atoms with Crippen molar-refractivity contribution in [3.05, 3.63) is 264 Å². The lowest BCUT2D eigenvalue weighted by Gasteiger charge is -2.31. The first-order valence-corrected chi connectivity index (χ1v) is 24.1. The molecule has 0 saturated heterocycles. The van der Waals surface area contributed by atoms with Gasteiger partial charge in [-0.05, 0) is 174 Å². The Morgan fingerprint density at radius 3 is 1.41 bits per heavy atom. The third-order valence-corrected chi connectivity index (χ3v) is 16.2. The maximum Gasteiger partial charge on any atom is 0.0731 e. The zero-order valence-electron chi connectivity index (χ0n) is 37.9. The van der Waals surface area contributed by atoms with Gasteiger partial charge in [0.15, 0.2) is 0 Å². The molecule has 0 radical (unpaired) electrons. The Morgan fingerprint density at radius 2 is 0.735 bits per heavy atom. The molecular formula is C68H44. The van der Waals surface area contributed by atoms with E-state index in [0.29, 0.717) is 0 Å². The highest BCUT2D eigenvalue weighted by molar-refractivity contribution is 6.21. The number of rotatable bonds is 3. The molecule has 0 atom stereocenters. The van der Waals surface area contributed by atoms with Gasteiger partial charge in [0.1, 0.15) is 0 Å². The van der Waals surface area contributed by atoms with E-state index in [1.165, 1.54) is 143 Å². The minimum Gasteiger partial charge on any atom is -0.0619 e. The second-order valence-corrected chi connectivity index (χ2v) is 19.9. The summed E-state index contributed by atoms with van der Waals surface area (Å²) in [5, 5.41) is 10.2. The fourth-order valence-electron chi connectivity index (χ4n) is 13.3. The van der Waals surface area contributed by atoms with E-state index in [-0.39, 0.29) is 5.41 Å². The Labute approximate surface area is 396 Å². The normalized spacial score (nSPS) is 14.3. The Morgan fingerprint density at radius 1 is 0.250 bits per heavy atom.